The third-order valence-corrected chi connectivity index (χ3v) is 14.4. The third kappa shape index (κ3) is 10.3. The second-order valence-electron chi connectivity index (χ2n) is 14.9. The molecule has 0 saturated carbocycles. The SMILES string of the molecule is CCCCC(CC)COC(=O)C1=C(S(=O)(=O)c2ccc(-c3ccccc3)cc2)C(=O)C(C(=O)OCC(CC)CCCC)=C(S(=O)(=O)c2ccc(-c3ccccc3)cc2)C1=O. The van der Waals surface area contributed by atoms with Crippen LogP contribution in [0.4, 0.5) is 0 Å². The number of esters is 2. The Labute approximate surface area is 353 Å². The van der Waals surface area contributed by atoms with Crippen molar-refractivity contribution in [3.05, 3.63) is 130 Å². The average molecular weight is 853 g/mol. The van der Waals surface area contributed by atoms with E-state index in [9.17, 15) is 36.0 Å². The van der Waals surface area contributed by atoms with Gasteiger partial charge in [0, 0.05) is 0 Å². The molecule has 1 aliphatic rings. The maximum absolute atomic E-state index is 14.9. The lowest BCUT2D eigenvalue weighted by Crippen LogP contribution is -2.38. The topological polar surface area (TPSA) is 155 Å². The predicted octanol–water partition coefficient (Wildman–Crippen LogP) is 9.45. The minimum absolute atomic E-state index is 0.166. The molecule has 12 heteroatoms. The lowest BCUT2D eigenvalue weighted by molar-refractivity contribution is -0.144. The highest BCUT2D eigenvalue weighted by molar-refractivity contribution is 7.97. The summed E-state index contributed by atoms with van der Waals surface area (Å²) in [5.74, 6) is -6.63. The van der Waals surface area contributed by atoms with Crippen LogP contribution in [0.25, 0.3) is 22.3 Å². The fourth-order valence-electron chi connectivity index (χ4n) is 7.02. The van der Waals surface area contributed by atoms with Crippen LogP contribution in [0.3, 0.4) is 0 Å². The molecule has 0 aromatic heterocycles. The van der Waals surface area contributed by atoms with Crippen LogP contribution >= 0.6 is 0 Å². The molecule has 5 rings (SSSR count). The number of carbonyl (C=O) groups is 4. The molecule has 0 aliphatic heterocycles. The Morgan fingerprint density at radius 1 is 0.483 bits per heavy atom. The minimum Gasteiger partial charge on any atom is -0.462 e. The van der Waals surface area contributed by atoms with E-state index in [0.29, 0.717) is 36.8 Å². The van der Waals surface area contributed by atoms with E-state index in [1.54, 1.807) is 0 Å². The van der Waals surface area contributed by atoms with Crippen molar-refractivity contribution in [3.8, 4) is 22.3 Å². The van der Waals surface area contributed by atoms with Crippen molar-refractivity contribution in [3.63, 3.8) is 0 Å². The number of sulfone groups is 2. The number of unbranched alkanes of at least 4 members (excludes halogenated alkanes) is 2. The Morgan fingerprint density at radius 3 is 1.10 bits per heavy atom. The fraction of sp³-hybridized carbons (Fsp3) is 0.333. The van der Waals surface area contributed by atoms with Gasteiger partial charge in [0.25, 0.3) is 0 Å². The summed E-state index contributed by atoms with van der Waals surface area (Å²) in [6.45, 7) is 7.32. The van der Waals surface area contributed by atoms with Gasteiger partial charge in [0.15, 0.2) is 0 Å². The van der Waals surface area contributed by atoms with E-state index >= 15 is 0 Å². The second-order valence-corrected chi connectivity index (χ2v) is 18.7. The molecule has 0 saturated heterocycles. The first-order chi connectivity index (χ1) is 28.8. The van der Waals surface area contributed by atoms with E-state index in [1.165, 1.54) is 48.5 Å². The zero-order valence-electron chi connectivity index (χ0n) is 34.5. The molecule has 4 aromatic rings. The van der Waals surface area contributed by atoms with Gasteiger partial charge in [0.1, 0.15) is 21.0 Å². The van der Waals surface area contributed by atoms with Crippen LogP contribution in [0, 0.1) is 11.8 Å². The fourth-order valence-corrected chi connectivity index (χ4v) is 10.1. The standard InChI is InChI=1S/C48H52O10S2/c1-5-9-17-33(7-3)31-57-47(51)41-43(49)46(60(55,56)40-29-25-38(26-30-40)36-21-15-12-16-22-36)42(48(52)58-32-34(8-4)18-10-6-2)44(50)45(41)59(53,54)39-27-23-37(24-28-39)35-19-13-11-14-20-35/h11-16,19-30,33-34H,5-10,17-18,31-32H2,1-4H3. The quantitative estimate of drug-likeness (QED) is 0.0477. The van der Waals surface area contributed by atoms with Crippen LogP contribution in [0.15, 0.2) is 140 Å². The van der Waals surface area contributed by atoms with Gasteiger partial charge < -0.3 is 9.47 Å². The van der Waals surface area contributed by atoms with Gasteiger partial charge in [-0.1, -0.05) is 151 Å². The Bertz CT molecular complexity index is 2280. The van der Waals surface area contributed by atoms with Crippen LogP contribution in [-0.2, 0) is 48.3 Å². The summed E-state index contributed by atoms with van der Waals surface area (Å²) in [4.78, 5) is 54.4. The first kappa shape index (κ1) is 45.6. The molecule has 0 amide bonds. The molecule has 0 radical (unpaired) electrons. The van der Waals surface area contributed by atoms with Crippen LogP contribution < -0.4 is 0 Å². The Morgan fingerprint density at radius 2 is 0.800 bits per heavy atom. The smallest absolute Gasteiger partial charge is 0.343 e. The van der Waals surface area contributed by atoms with Gasteiger partial charge in [-0.25, -0.2) is 26.4 Å². The van der Waals surface area contributed by atoms with Crippen molar-refractivity contribution in [2.24, 2.45) is 11.8 Å². The molecule has 4 aromatic carbocycles. The third-order valence-electron chi connectivity index (χ3n) is 10.8. The van der Waals surface area contributed by atoms with Gasteiger partial charge in [-0.05, 0) is 71.2 Å². The summed E-state index contributed by atoms with van der Waals surface area (Å²) < 4.78 is 69.9. The number of carbonyl (C=O) groups excluding carboxylic acids is 4. The number of Topliss-reactive ketones (excluding diaryl/α,β-unsaturated/α-hetero) is 2. The van der Waals surface area contributed by atoms with Gasteiger partial charge in [0.2, 0.25) is 31.2 Å². The van der Waals surface area contributed by atoms with E-state index in [1.807, 2.05) is 88.4 Å². The number of hydrogen-bond donors (Lipinski definition) is 0. The molecule has 1 aliphatic carbocycles. The van der Waals surface area contributed by atoms with Crippen molar-refractivity contribution in [2.75, 3.05) is 13.2 Å². The summed E-state index contributed by atoms with van der Waals surface area (Å²) in [6, 6.07) is 29.0. The summed E-state index contributed by atoms with van der Waals surface area (Å²) in [7, 11) is -10.2. The van der Waals surface area contributed by atoms with Crippen molar-refractivity contribution < 1.29 is 45.5 Å². The molecule has 2 unspecified atom stereocenters. The largest absolute Gasteiger partial charge is 0.462 e. The van der Waals surface area contributed by atoms with Crippen LogP contribution in [0.5, 0.6) is 0 Å². The highest BCUT2D eigenvalue weighted by Crippen LogP contribution is 2.38. The first-order valence-electron chi connectivity index (χ1n) is 20.5. The number of rotatable bonds is 20. The zero-order chi connectivity index (χ0) is 43.5. The number of allylic oxidation sites excluding steroid dienone is 2. The Balaban J connectivity index is 1.69. The van der Waals surface area contributed by atoms with Gasteiger partial charge >= 0.3 is 11.9 Å². The lowest BCUT2D eigenvalue weighted by Gasteiger charge is -2.24. The van der Waals surface area contributed by atoms with Crippen molar-refractivity contribution >= 4 is 43.2 Å². The van der Waals surface area contributed by atoms with Crippen molar-refractivity contribution in [1.29, 1.82) is 0 Å². The monoisotopic (exact) mass is 852 g/mol. The molecular formula is C48H52O10S2. The minimum atomic E-state index is -5.11. The van der Waals surface area contributed by atoms with Gasteiger partial charge in [-0.2, -0.15) is 0 Å². The summed E-state index contributed by atoms with van der Waals surface area (Å²) in [6.07, 6.45) is 5.85. The number of benzene rings is 4. The molecule has 2 atom stereocenters. The van der Waals surface area contributed by atoms with Gasteiger partial charge in [-0.15, -0.1) is 0 Å². The van der Waals surface area contributed by atoms with E-state index in [4.69, 9.17) is 9.47 Å². The second kappa shape index (κ2) is 20.7. The molecule has 0 fully saturated rings. The maximum Gasteiger partial charge on any atom is 0.343 e. The zero-order valence-corrected chi connectivity index (χ0v) is 36.2. The average Bonchev–Trinajstić information content (AvgIpc) is 3.27. The van der Waals surface area contributed by atoms with Gasteiger partial charge in [-0.3, -0.25) is 9.59 Å². The normalized spacial score (nSPS) is 14.5. The molecule has 0 bridgehead atoms. The highest BCUT2D eigenvalue weighted by atomic mass is 32.2. The number of hydrogen-bond acceptors (Lipinski definition) is 10. The number of ether oxygens (including phenoxy) is 2. The van der Waals surface area contributed by atoms with Crippen molar-refractivity contribution in [2.45, 2.75) is 88.9 Å². The van der Waals surface area contributed by atoms with Crippen LogP contribution in [0.1, 0.15) is 79.1 Å². The molecule has 316 valence electrons. The predicted molar refractivity (Wildman–Crippen MR) is 231 cm³/mol. The molecular weight excluding hydrogens is 801 g/mol. The highest BCUT2D eigenvalue weighted by Gasteiger charge is 2.51. The molecule has 10 nitrogen and oxygen atoms in total. The summed E-state index contributed by atoms with van der Waals surface area (Å²) >= 11 is 0. The molecule has 0 N–H and O–H groups in total. The van der Waals surface area contributed by atoms with E-state index in [0.717, 1.165) is 36.8 Å². The molecule has 0 spiro atoms. The van der Waals surface area contributed by atoms with Gasteiger partial charge in [0.05, 0.1) is 23.0 Å². The Hall–Kier alpha value is -5.46. The molecule has 0 heterocycles. The lowest BCUT2D eigenvalue weighted by atomic mass is 9.95. The van der Waals surface area contributed by atoms with E-state index in [-0.39, 0.29) is 25.0 Å². The van der Waals surface area contributed by atoms with E-state index < -0.39 is 73.9 Å². The summed E-state index contributed by atoms with van der Waals surface area (Å²) in [5, 5.41) is 0. The number of ketones is 2. The van der Waals surface area contributed by atoms with Crippen LogP contribution in [-0.4, -0.2) is 53.6 Å². The maximum atomic E-state index is 14.9. The summed E-state index contributed by atoms with van der Waals surface area (Å²) in [5.41, 5.74) is 0.232. The van der Waals surface area contributed by atoms with Crippen molar-refractivity contribution in [1.82, 2.24) is 0 Å². The van der Waals surface area contributed by atoms with E-state index in [2.05, 4.69) is 0 Å². The Kier molecular flexibility index (Phi) is 15.7. The van der Waals surface area contributed by atoms with Crippen LogP contribution in [0.2, 0.25) is 0 Å². The molecule has 60 heavy (non-hydrogen) atoms. The first-order valence-corrected chi connectivity index (χ1v) is 23.5.